The van der Waals surface area contributed by atoms with Crippen molar-refractivity contribution in [2.24, 2.45) is 0 Å². The quantitative estimate of drug-likeness (QED) is 0.789. The summed E-state index contributed by atoms with van der Waals surface area (Å²) in [5.41, 5.74) is 0. The Kier molecular flexibility index (Phi) is 4.85. The molecule has 23 heavy (non-hydrogen) atoms. The highest BCUT2D eigenvalue weighted by Gasteiger charge is 2.26. The Labute approximate surface area is 139 Å². The van der Waals surface area contributed by atoms with E-state index in [0.29, 0.717) is 12.6 Å². The van der Waals surface area contributed by atoms with Crippen LogP contribution in [0.2, 0.25) is 0 Å². The second kappa shape index (κ2) is 7.04. The normalized spacial score (nSPS) is 15.2. The van der Waals surface area contributed by atoms with E-state index in [1.165, 1.54) is 24.6 Å². The number of ether oxygens (including phenoxy) is 1. The van der Waals surface area contributed by atoms with Crippen LogP contribution in [0.5, 0.6) is 5.75 Å². The van der Waals surface area contributed by atoms with Gasteiger partial charge < -0.3 is 14.6 Å². The van der Waals surface area contributed by atoms with Crippen LogP contribution in [0.25, 0.3) is 0 Å². The van der Waals surface area contributed by atoms with Crippen LogP contribution in [-0.4, -0.2) is 33.0 Å². The first-order valence-corrected chi connectivity index (χ1v) is 8.52. The minimum absolute atomic E-state index is 0.00355. The molecule has 1 aromatic heterocycles. The summed E-state index contributed by atoms with van der Waals surface area (Å²) in [5.74, 6) is 1.63. The van der Waals surface area contributed by atoms with E-state index in [1.807, 2.05) is 31.2 Å². The SMILES string of the molecule is COc1ccc(S[C@@H](C)C(=O)NCc2nncn2C2CC2)cc1. The summed E-state index contributed by atoms with van der Waals surface area (Å²) in [6, 6.07) is 8.22. The molecule has 0 spiro atoms. The molecule has 7 heteroatoms. The third kappa shape index (κ3) is 4.04. The second-order valence-electron chi connectivity index (χ2n) is 5.54. The molecule has 1 atom stereocenters. The van der Waals surface area contributed by atoms with Gasteiger partial charge in [0.1, 0.15) is 12.1 Å². The van der Waals surface area contributed by atoms with E-state index in [2.05, 4.69) is 20.1 Å². The zero-order valence-electron chi connectivity index (χ0n) is 13.2. The van der Waals surface area contributed by atoms with Crippen LogP contribution in [0, 0.1) is 0 Å². The van der Waals surface area contributed by atoms with Gasteiger partial charge in [-0.15, -0.1) is 22.0 Å². The fourth-order valence-electron chi connectivity index (χ4n) is 2.27. The van der Waals surface area contributed by atoms with Crippen LogP contribution in [0.1, 0.15) is 31.6 Å². The van der Waals surface area contributed by atoms with Crippen molar-refractivity contribution >= 4 is 17.7 Å². The standard InChI is InChI=1S/C16H20N4O2S/c1-11(23-14-7-5-13(22-2)6-8-14)16(21)17-9-15-19-18-10-20(15)12-3-4-12/h5-8,10-12H,3-4,9H2,1-2H3,(H,17,21)/t11-/m0/s1. The number of thioether (sulfide) groups is 1. The number of methoxy groups -OCH3 is 1. The van der Waals surface area contributed by atoms with Gasteiger partial charge in [0.05, 0.1) is 18.9 Å². The minimum Gasteiger partial charge on any atom is -0.497 e. The molecular weight excluding hydrogens is 312 g/mol. The van der Waals surface area contributed by atoms with Crippen molar-refractivity contribution in [2.45, 2.75) is 42.5 Å². The Bertz CT molecular complexity index is 667. The van der Waals surface area contributed by atoms with Gasteiger partial charge in [-0.3, -0.25) is 4.79 Å². The minimum atomic E-state index is -0.180. The Hall–Kier alpha value is -2.02. The summed E-state index contributed by atoms with van der Waals surface area (Å²) in [5, 5.41) is 10.8. The van der Waals surface area contributed by atoms with Crippen molar-refractivity contribution in [3.05, 3.63) is 36.4 Å². The number of hydrogen-bond acceptors (Lipinski definition) is 5. The van der Waals surface area contributed by atoms with Gasteiger partial charge in [-0.05, 0) is 44.0 Å². The molecule has 1 heterocycles. The first kappa shape index (κ1) is 15.9. The molecule has 1 aliphatic carbocycles. The number of aromatic nitrogens is 3. The monoisotopic (exact) mass is 332 g/mol. The van der Waals surface area contributed by atoms with Crippen LogP contribution in [0.15, 0.2) is 35.5 Å². The van der Waals surface area contributed by atoms with Crippen LogP contribution in [0.4, 0.5) is 0 Å². The van der Waals surface area contributed by atoms with Gasteiger partial charge >= 0.3 is 0 Å². The van der Waals surface area contributed by atoms with Crippen molar-refractivity contribution < 1.29 is 9.53 Å². The molecule has 1 aromatic carbocycles. The number of hydrogen-bond donors (Lipinski definition) is 1. The highest BCUT2D eigenvalue weighted by molar-refractivity contribution is 8.00. The summed E-state index contributed by atoms with van der Waals surface area (Å²) >= 11 is 1.52. The van der Waals surface area contributed by atoms with Gasteiger partial charge in [-0.2, -0.15) is 0 Å². The first-order valence-electron chi connectivity index (χ1n) is 7.64. The van der Waals surface area contributed by atoms with Gasteiger partial charge in [0.15, 0.2) is 5.82 Å². The summed E-state index contributed by atoms with van der Waals surface area (Å²) in [7, 11) is 1.64. The largest absolute Gasteiger partial charge is 0.497 e. The molecule has 2 aromatic rings. The Morgan fingerprint density at radius 2 is 2.17 bits per heavy atom. The number of carbonyl (C=O) groups is 1. The molecular formula is C16H20N4O2S. The van der Waals surface area contributed by atoms with Crippen LogP contribution < -0.4 is 10.1 Å². The summed E-state index contributed by atoms with van der Waals surface area (Å²) in [4.78, 5) is 13.3. The van der Waals surface area contributed by atoms with Crippen molar-refractivity contribution in [2.75, 3.05) is 7.11 Å². The number of rotatable bonds is 7. The van der Waals surface area contributed by atoms with Gasteiger partial charge in [-0.25, -0.2) is 0 Å². The van der Waals surface area contributed by atoms with E-state index in [4.69, 9.17) is 4.74 Å². The van der Waals surface area contributed by atoms with Crippen molar-refractivity contribution in [1.82, 2.24) is 20.1 Å². The Morgan fingerprint density at radius 1 is 1.43 bits per heavy atom. The number of amides is 1. The Morgan fingerprint density at radius 3 is 2.83 bits per heavy atom. The lowest BCUT2D eigenvalue weighted by Gasteiger charge is -2.12. The molecule has 0 radical (unpaired) electrons. The number of carbonyl (C=O) groups excluding carboxylic acids is 1. The average Bonchev–Trinajstić information content (AvgIpc) is 3.31. The van der Waals surface area contributed by atoms with E-state index >= 15 is 0 Å². The van der Waals surface area contributed by atoms with Crippen LogP contribution in [0.3, 0.4) is 0 Å². The molecule has 0 aliphatic heterocycles. The first-order chi connectivity index (χ1) is 11.2. The predicted octanol–water partition coefficient (Wildman–Crippen LogP) is 2.42. The molecule has 3 rings (SSSR count). The lowest BCUT2D eigenvalue weighted by molar-refractivity contribution is -0.120. The summed E-state index contributed by atoms with van der Waals surface area (Å²) < 4.78 is 7.19. The molecule has 1 fully saturated rings. The predicted molar refractivity (Wildman–Crippen MR) is 88.5 cm³/mol. The molecule has 1 amide bonds. The maximum absolute atomic E-state index is 12.2. The fraction of sp³-hybridized carbons (Fsp3) is 0.438. The lowest BCUT2D eigenvalue weighted by Crippen LogP contribution is -2.31. The lowest BCUT2D eigenvalue weighted by atomic mass is 10.3. The molecule has 0 bridgehead atoms. The highest BCUT2D eigenvalue weighted by Crippen LogP contribution is 2.35. The third-order valence-electron chi connectivity index (χ3n) is 3.75. The van der Waals surface area contributed by atoms with E-state index in [0.717, 1.165) is 16.5 Å². The number of nitrogens with one attached hydrogen (secondary N) is 1. The van der Waals surface area contributed by atoms with E-state index in [9.17, 15) is 4.79 Å². The van der Waals surface area contributed by atoms with Gasteiger partial charge in [-0.1, -0.05) is 0 Å². The topological polar surface area (TPSA) is 69.0 Å². The smallest absolute Gasteiger partial charge is 0.233 e. The number of benzene rings is 1. The molecule has 0 saturated heterocycles. The zero-order valence-corrected chi connectivity index (χ0v) is 14.0. The molecule has 1 N–H and O–H groups in total. The van der Waals surface area contributed by atoms with E-state index < -0.39 is 0 Å². The maximum atomic E-state index is 12.2. The van der Waals surface area contributed by atoms with Crippen LogP contribution in [-0.2, 0) is 11.3 Å². The summed E-state index contributed by atoms with van der Waals surface area (Å²) in [6.45, 7) is 2.32. The van der Waals surface area contributed by atoms with Crippen molar-refractivity contribution in [3.8, 4) is 5.75 Å². The van der Waals surface area contributed by atoms with Gasteiger partial charge in [0, 0.05) is 10.9 Å². The number of nitrogens with zero attached hydrogens (tertiary/aromatic N) is 3. The second-order valence-corrected chi connectivity index (χ2v) is 6.95. The van der Waals surface area contributed by atoms with E-state index in [-0.39, 0.29) is 11.2 Å². The summed E-state index contributed by atoms with van der Waals surface area (Å²) in [6.07, 6.45) is 4.08. The zero-order chi connectivity index (χ0) is 16.2. The fourth-order valence-corrected chi connectivity index (χ4v) is 3.16. The highest BCUT2D eigenvalue weighted by atomic mass is 32.2. The van der Waals surface area contributed by atoms with Crippen molar-refractivity contribution in [1.29, 1.82) is 0 Å². The van der Waals surface area contributed by atoms with Gasteiger partial charge in [0.25, 0.3) is 0 Å². The van der Waals surface area contributed by atoms with Gasteiger partial charge in [0.2, 0.25) is 5.91 Å². The third-order valence-corrected chi connectivity index (χ3v) is 4.86. The molecule has 0 unspecified atom stereocenters. The molecule has 1 aliphatic rings. The Balaban J connectivity index is 1.51. The van der Waals surface area contributed by atoms with Crippen molar-refractivity contribution in [3.63, 3.8) is 0 Å². The molecule has 1 saturated carbocycles. The average molecular weight is 332 g/mol. The molecule has 122 valence electrons. The maximum Gasteiger partial charge on any atom is 0.233 e. The van der Waals surface area contributed by atoms with Crippen LogP contribution >= 0.6 is 11.8 Å². The molecule has 6 nitrogen and oxygen atoms in total. The van der Waals surface area contributed by atoms with E-state index in [1.54, 1.807) is 13.4 Å².